The number of rotatable bonds is 4. The lowest BCUT2D eigenvalue weighted by molar-refractivity contribution is 0.0221. The summed E-state index contributed by atoms with van der Waals surface area (Å²) < 4.78 is 71.4. The van der Waals surface area contributed by atoms with E-state index in [1.807, 2.05) is 0 Å². The fourth-order valence-electron chi connectivity index (χ4n) is 3.90. The maximum Gasteiger partial charge on any atom is 0.267 e. The highest BCUT2D eigenvalue weighted by Gasteiger charge is 2.47. The molecule has 1 saturated carbocycles. The molecule has 2 fully saturated rings. The van der Waals surface area contributed by atoms with Crippen molar-refractivity contribution in [2.45, 2.75) is 37.0 Å². The molecule has 0 radical (unpaired) electrons. The van der Waals surface area contributed by atoms with Gasteiger partial charge in [0.2, 0.25) is 0 Å². The number of aromatic nitrogens is 3. The summed E-state index contributed by atoms with van der Waals surface area (Å²) in [4.78, 5) is 5.62. The first-order valence-corrected chi connectivity index (χ1v) is 10.8. The Morgan fingerprint density at radius 2 is 2.00 bits per heavy atom. The van der Waals surface area contributed by atoms with Crippen molar-refractivity contribution in [1.29, 1.82) is 0 Å². The first kappa shape index (κ1) is 22.1. The normalized spacial score (nSPS) is 23.7. The van der Waals surface area contributed by atoms with Crippen LogP contribution in [0.3, 0.4) is 0 Å². The lowest BCUT2D eigenvalue weighted by Crippen LogP contribution is -2.31. The van der Waals surface area contributed by atoms with E-state index in [1.54, 1.807) is 0 Å². The van der Waals surface area contributed by atoms with Crippen LogP contribution < -0.4 is 15.5 Å². The number of alkyl halides is 3. The van der Waals surface area contributed by atoms with Gasteiger partial charge in [0.15, 0.2) is 15.9 Å². The average Bonchev–Trinajstić information content (AvgIpc) is 3.20. The van der Waals surface area contributed by atoms with E-state index in [-0.39, 0.29) is 39.0 Å². The Bertz CT molecular complexity index is 1250. The first-order valence-electron chi connectivity index (χ1n) is 9.97. The zero-order valence-corrected chi connectivity index (χ0v) is 18.3. The topological polar surface area (TPSA) is 57.5 Å². The van der Waals surface area contributed by atoms with E-state index in [1.165, 1.54) is 21.7 Å². The third-order valence-corrected chi connectivity index (χ3v) is 6.06. The number of hydrogen-bond acceptors (Lipinski definition) is 4. The molecule has 33 heavy (non-hydrogen) atoms. The van der Waals surface area contributed by atoms with E-state index in [0.29, 0.717) is 6.42 Å². The van der Waals surface area contributed by atoms with E-state index >= 15 is 0 Å². The summed E-state index contributed by atoms with van der Waals surface area (Å²) >= 11 is 11.4. The van der Waals surface area contributed by atoms with Crippen LogP contribution in [0, 0.1) is 11.6 Å². The molecular formula is C20H16ClF5N6S. The first-order chi connectivity index (χ1) is 15.6. The van der Waals surface area contributed by atoms with Gasteiger partial charge in [-0.15, -0.1) is 0 Å². The number of hydrogen-bond donors (Lipinski definition) is 2. The fourth-order valence-corrected chi connectivity index (χ4v) is 4.36. The zero-order valence-electron chi connectivity index (χ0n) is 16.7. The van der Waals surface area contributed by atoms with Crippen LogP contribution in [0.15, 0.2) is 30.5 Å². The van der Waals surface area contributed by atoms with Gasteiger partial charge in [0, 0.05) is 24.6 Å². The Balaban J connectivity index is 1.50. The molecule has 1 saturated heterocycles. The summed E-state index contributed by atoms with van der Waals surface area (Å²) in [6.45, 7) is -0.735. The Labute approximate surface area is 194 Å². The molecule has 0 unspecified atom stereocenters. The monoisotopic (exact) mass is 502 g/mol. The van der Waals surface area contributed by atoms with E-state index < -0.39 is 42.7 Å². The van der Waals surface area contributed by atoms with Crippen molar-refractivity contribution in [3.8, 4) is 0 Å². The number of anilines is 2. The van der Waals surface area contributed by atoms with E-state index in [2.05, 4.69) is 20.7 Å². The second-order valence-corrected chi connectivity index (χ2v) is 8.81. The minimum atomic E-state index is -3.14. The molecule has 174 valence electrons. The fraction of sp³-hybridized carbons (Fsp3) is 0.350. The smallest absolute Gasteiger partial charge is 0.267 e. The Morgan fingerprint density at radius 3 is 2.73 bits per heavy atom. The van der Waals surface area contributed by atoms with E-state index in [4.69, 9.17) is 23.8 Å². The molecule has 0 bridgehead atoms. The molecule has 3 heterocycles. The second-order valence-electron chi connectivity index (χ2n) is 8.05. The molecule has 2 N–H and O–H groups in total. The number of halogens is 6. The highest BCUT2D eigenvalue weighted by atomic mass is 35.5. The third kappa shape index (κ3) is 4.29. The Morgan fingerprint density at radius 1 is 1.24 bits per heavy atom. The van der Waals surface area contributed by atoms with Crippen LogP contribution in [-0.2, 0) is 0 Å². The summed E-state index contributed by atoms with van der Waals surface area (Å²) in [6.07, 6.45) is 0.115. The van der Waals surface area contributed by atoms with Crippen molar-refractivity contribution in [2.24, 2.45) is 0 Å². The minimum absolute atomic E-state index is 0.0101. The second kappa shape index (κ2) is 7.94. The van der Waals surface area contributed by atoms with Gasteiger partial charge in [0.25, 0.3) is 5.92 Å². The maximum atomic E-state index is 14.4. The molecule has 3 atom stereocenters. The molecule has 0 spiro atoms. The summed E-state index contributed by atoms with van der Waals surface area (Å²) in [6, 6.07) is 2.65. The minimum Gasteiger partial charge on any atom is -0.357 e. The number of fused-ring (bicyclic) bond motifs is 1. The molecule has 1 aliphatic carbocycles. The third-order valence-electron chi connectivity index (χ3n) is 5.58. The van der Waals surface area contributed by atoms with Crippen LogP contribution in [0.4, 0.5) is 33.5 Å². The van der Waals surface area contributed by atoms with Gasteiger partial charge in [0.1, 0.15) is 29.3 Å². The van der Waals surface area contributed by atoms with Gasteiger partial charge < -0.3 is 15.5 Å². The summed E-state index contributed by atoms with van der Waals surface area (Å²) in [5.41, 5.74) is 0.184. The van der Waals surface area contributed by atoms with Crippen LogP contribution in [0.5, 0.6) is 0 Å². The molecule has 1 aliphatic heterocycles. The van der Waals surface area contributed by atoms with Crippen molar-refractivity contribution in [3.63, 3.8) is 0 Å². The molecule has 1 aromatic carbocycles. The zero-order chi connectivity index (χ0) is 23.5. The van der Waals surface area contributed by atoms with Gasteiger partial charge in [-0.1, -0.05) is 11.6 Å². The highest BCUT2D eigenvalue weighted by molar-refractivity contribution is 7.80. The van der Waals surface area contributed by atoms with Crippen LogP contribution >= 0.6 is 23.8 Å². The molecule has 13 heteroatoms. The van der Waals surface area contributed by atoms with Crippen molar-refractivity contribution in [3.05, 3.63) is 52.8 Å². The SMILES string of the molecule is Fc1ccc(F)c([C@H]2CC(F)(F)CN2c2ccn3nc(Cl)c(NC(=S)N[C@H]4C[C@H]4F)c3n2)c1. The van der Waals surface area contributed by atoms with Crippen molar-refractivity contribution in [2.75, 3.05) is 16.8 Å². The van der Waals surface area contributed by atoms with Gasteiger partial charge in [-0.05, 0) is 36.5 Å². The molecule has 2 aliphatic rings. The number of nitrogens with zero attached hydrogens (tertiary/aromatic N) is 4. The van der Waals surface area contributed by atoms with Crippen LogP contribution in [0.2, 0.25) is 5.15 Å². The van der Waals surface area contributed by atoms with Crippen molar-refractivity contribution >= 4 is 46.1 Å². The molecule has 6 nitrogen and oxygen atoms in total. The molecule has 3 aromatic rings. The van der Waals surface area contributed by atoms with E-state index in [0.717, 1.165) is 18.2 Å². The van der Waals surface area contributed by atoms with Gasteiger partial charge in [-0.3, -0.25) is 0 Å². The number of thiocarbonyl (C=S) groups is 1. The Kier molecular flexibility index (Phi) is 5.31. The van der Waals surface area contributed by atoms with Crippen molar-refractivity contribution < 1.29 is 22.0 Å². The lowest BCUT2D eigenvalue weighted by atomic mass is 10.0. The summed E-state index contributed by atoms with van der Waals surface area (Å²) in [5, 5.41) is 9.82. The quantitative estimate of drug-likeness (QED) is 0.400. The Hall–Kier alpha value is -2.73. The molecular weight excluding hydrogens is 487 g/mol. The summed E-state index contributed by atoms with van der Waals surface area (Å²) in [5.74, 6) is -4.57. The van der Waals surface area contributed by atoms with E-state index in [9.17, 15) is 22.0 Å². The molecule has 5 rings (SSSR count). The molecule has 2 aromatic heterocycles. The number of benzene rings is 1. The average molecular weight is 503 g/mol. The largest absolute Gasteiger partial charge is 0.357 e. The number of nitrogens with one attached hydrogen (secondary N) is 2. The lowest BCUT2D eigenvalue weighted by Gasteiger charge is -2.25. The van der Waals surface area contributed by atoms with Crippen LogP contribution in [0.25, 0.3) is 5.65 Å². The van der Waals surface area contributed by atoms with Gasteiger partial charge in [-0.2, -0.15) is 5.10 Å². The highest BCUT2D eigenvalue weighted by Crippen LogP contribution is 2.44. The summed E-state index contributed by atoms with van der Waals surface area (Å²) in [7, 11) is 0. The maximum absolute atomic E-state index is 14.4. The van der Waals surface area contributed by atoms with Gasteiger partial charge in [-0.25, -0.2) is 31.5 Å². The standard InChI is InChI=1S/C20H16ClF5N6S/c21-17-16(29-19(33)27-13-6-12(13)24)18-28-15(3-4-32(18)30-17)31-8-20(25,26)7-14(31)10-5-9(22)1-2-11(10)23/h1-5,12-14H,6-8H2,(H2,27,29,33)/t12-,13+,14-/m1/s1. The predicted molar refractivity (Wildman–Crippen MR) is 117 cm³/mol. The van der Waals surface area contributed by atoms with Gasteiger partial charge in [0.05, 0.1) is 18.6 Å². The van der Waals surface area contributed by atoms with Gasteiger partial charge >= 0.3 is 0 Å². The van der Waals surface area contributed by atoms with Crippen molar-refractivity contribution in [1.82, 2.24) is 19.9 Å². The molecule has 0 amide bonds. The van der Waals surface area contributed by atoms with Crippen LogP contribution in [0.1, 0.15) is 24.4 Å². The predicted octanol–water partition coefficient (Wildman–Crippen LogP) is 4.64. The van der Waals surface area contributed by atoms with Crippen LogP contribution in [-0.4, -0.2) is 44.4 Å².